The number of hydrogen-bond acceptors (Lipinski definition) is 5. The molecule has 0 aliphatic carbocycles. The molecule has 0 saturated heterocycles. The van der Waals surface area contributed by atoms with Crippen molar-refractivity contribution in [3.8, 4) is 22.1 Å². The van der Waals surface area contributed by atoms with Crippen LogP contribution in [0.15, 0.2) is 41.8 Å². The summed E-state index contributed by atoms with van der Waals surface area (Å²) in [7, 11) is 0. The molecule has 0 radical (unpaired) electrons. The summed E-state index contributed by atoms with van der Waals surface area (Å²) in [6, 6.07) is 9.83. The van der Waals surface area contributed by atoms with Crippen LogP contribution in [0.25, 0.3) is 10.6 Å². The first kappa shape index (κ1) is 18.8. The summed E-state index contributed by atoms with van der Waals surface area (Å²) in [4.78, 5) is 13.3. The number of fused-ring (bicyclic) bond motifs is 1. The second-order valence-corrected chi connectivity index (χ2v) is 6.19. The Kier molecular flexibility index (Phi) is 5.41. The van der Waals surface area contributed by atoms with Crippen molar-refractivity contribution in [2.45, 2.75) is 26.7 Å². The summed E-state index contributed by atoms with van der Waals surface area (Å²) in [6.45, 7) is 4.16. The first-order chi connectivity index (χ1) is 13.0. The van der Waals surface area contributed by atoms with Gasteiger partial charge >= 0.3 is 6.29 Å². The fourth-order valence-electron chi connectivity index (χ4n) is 2.42. The van der Waals surface area contributed by atoms with E-state index in [2.05, 4.69) is 25.0 Å². The Morgan fingerprint density at radius 3 is 2.81 bits per heavy atom. The van der Waals surface area contributed by atoms with Crippen molar-refractivity contribution >= 4 is 17.2 Å². The van der Waals surface area contributed by atoms with Gasteiger partial charge in [-0.15, -0.1) is 20.1 Å². The van der Waals surface area contributed by atoms with Crippen LogP contribution in [-0.4, -0.2) is 22.4 Å². The molecule has 2 aromatic heterocycles. The predicted molar refractivity (Wildman–Crippen MR) is 97.1 cm³/mol. The molecule has 3 heterocycles. The number of nitrogens with zero attached hydrogens (tertiary/aromatic N) is 1. The quantitative estimate of drug-likeness (QED) is 0.688. The second-order valence-electron chi connectivity index (χ2n) is 5.24. The number of alkyl halides is 2. The summed E-state index contributed by atoms with van der Waals surface area (Å²) in [5.41, 5.74) is 1.44. The summed E-state index contributed by atoms with van der Waals surface area (Å²) < 4.78 is 35.1. The van der Waals surface area contributed by atoms with Crippen LogP contribution in [0.3, 0.4) is 0 Å². The number of hydrogen-bond donors (Lipinski definition) is 2. The number of carbonyl (C=O) groups excluding carboxylic acids is 1. The van der Waals surface area contributed by atoms with E-state index in [-0.39, 0.29) is 23.6 Å². The van der Waals surface area contributed by atoms with Crippen molar-refractivity contribution in [2.24, 2.45) is 0 Å². The molecule has 6 nitrogen and oxygen atoms in total. The maximum Gasteiger partial charge on any atom is 0.586 e. The van der Waals surface area contributed by atoms with Crippen LogP contribution in [-0.2, 0) is 6.54 Å². The summed E-state index contributed by atoms with van der Waals surface area (Å²) in [5, 5.41) is 11.6. The molecule has 0 fully saturated rings. The van der Waals surface area contributed by atoms with E-state index < -0.39 is 12.2 Å². The van der Waals surface area contributed by atoms with Gasteiger partial charge in [-0.05, 0) is 29.6 Å². The minimum absolute atomic E-state index is 0.0207. The van der Waals surface area contributed by atoms with Gasteiger partial charge in [-0.3, -0.25) is 9.89 Å². The number of aromatic amines is 1. The number of nitrogens with one attached hydrogen (secondary N) is 2. The zero-order valence-electron chi connectivity index (χ0n) is 14.6. The Balaban J connectivity index is 0.00000102. The number of H-pyrrole nitrogens is 1. The highest BCUT2D eigenvalue weighted by atomic mass is 32.1. The highest BCUT2D eigenvalue weighted by Crippen LogP contribution is 2.43. The SMILES string of the molecule is CC.O=C(NCc1cc(-c2cccs2)n[nH]1)c1cccc2c1OC(F)(F)O2. The first-order valence-electron chi connectivity index (χ1n) is 8.27. The highest BCUT2D eigenvalue weighted by Gasteiger charge is 2.45. The third-order valence-corrected chi connectivity index (χ3v) is 4.41. The Morgan fingerprint density at radius 1 is 1.26 bits per heavy atom. The number of benzene rings is 1. The van der Waals surface area contributed by atoms with Gasteiger partial charge in [0.2, 0.25) is 0 Å². The van der Waals surface area contributed by atoms with Gasteiger partial charge in [0, 0.05) is 0 Å². The molecule has 1 aromatic carbocycles. The van der Waals surface area contributed by atoms with Crippen LogP contribution < -0.4 is 14.8 Å². The number of para-hydroxylation sites is 1. The van der Waals surface area contributed by atoms with E-state index in [0.717, 1.165) is 10.6 Å². The van der Waals surface area contributed by atoms with Crippen molar-refractivity contribution in [2.75, 3.05) is 0 Å². The number of thiophene rings is 1. The normalized spacial score (nSPS) is 13.6. The molecule has 0 bridgehead atoms. The average Bonchev–Trinajstić information content (AvgIpc) is 3.38. The van der Waals surface area contributed by atoms with Gasteiger partial charge in [0.15, 0.2) is 11.5 Å². The van der Waals surface area contributed by atoms with Crippen LogP contribution in [0.4, 0.5) is 8.78 Å². The molecule has 3 aromatic rings. The largest absolute Gasteiger partial charge is 0.586 e. The first-order valence-corrected chi connectivity index (χ1v) is 9.15. The molecule has 4 rings (SSSR count). The monoisotopic (exact) mass is 393 g/mol. The third-order valence-electron chi connectivity index (χ3n) is 3.52. The van der Waals surface area contributed by atoms with Crippen LogP contribution in [0.5, 0.6) is 11.5 Å². The van der Waals surface area contributed by atoms with Crippen molar-refractivity contribution < 1.29 is 23.0 Å². The lowest BCUT2D eigenvalue weighted by Gasteiger charge is -2.07. The van der Waals surface area contributed by atoms with E-state index in [9.17, 15) is 13.6 Å². The highest BCUT2D eigenvalue weighted by molar-refractivity contribution is 7.13. The Bertz CT molecular complexity index is 926. The molecular weight excluding hydrogens is 376 g/mol. The van der Waals surface area contributed by atoms with Gasteiger partial charge in [-0.25, -0.2) is 0 Å². The van der Waals surface area contributed by atoms with E-state index >= 15 is 0 Å². The fourth-order valence-corrected chi connectivity index (χ4v) is 3.11. The summed E-state index contributed by atoms with van der Waals surface area (Å²) in [5.74, 6) is -0.988. The molecule has 1 amide bonds. The van der Waals surface area contributed by atoms with Crippen LogP contribution in [0.1, 0.15) is 29.9 Å². The van der Waals surface area contributed by atoms with E-state index in [1.165, 1.54) is 18.2 Å². The maximum absolute atomic E-state index is 13.2. The summed E-state index contributed by atoms with van der Waals surface area (Å²) in [6.07, 6.45) is -3.77. The van der Waals surface area contributed by atoms with Crippen molar-refractivity contribution in [3.63, 3.8) is 0 Å². The van der Waals surface area contributed by atoms with Gasteiger partial charge < -0.3 is 14.8 Å². The third kappa shape index (κ3) is 4.08. The summed E-state index contributed by atoms with van der Waals surface area (Å²) >= 11 is 1.55. The lowest BCUT2D eigenvalue weighted by atomic mass is 10.1. The van der Waals surface area contributed by atoms with Crippen molar-refractivity contribution in [1.82, 2.24) is 15.5 Å². The van der Waals surface area contributed by atoms with E-state index in [4.69, 9.17) is 0 Å². The molecule has 0 unspecified atom stereocenters. The number of ether oxygens (including phenoxy) is 2. The molecule has 142 valence electrons. The van der Waals surface area contributed by atoms with E-state index in [1.54, 1.807) is 11.3 Å². The Hall–Kier alpha value is -2.94. The average molecular weight is 393 g/mol. The van der Waals surface area contributed by atoms with Crippen LogP contribution >= 0.6 is 11.3 Å². The lowest BCUT2D eigenvalue weighted by Crippen LogP contribution is -2.27. The molecule has 0 saturated carbocycles. The predicted octanol–water partition coefficient (Wildman–Crippen LogP) is 4.42. The van der Waals surface area contributed by atoms with Crippen molar-refractivity contribution in [3.05, 3.63) is 53.0 Å². The zero-order chi connectivity index (χ0) is 19.4. The fraction of sp³-hybridized carbons (Fsp3) is 0.222. The van der Waals surface area contributed by atoms with Crippen LogP contribution in [0.2, 0.25) is 0 Å². The lowest BCUT2D eigenvalue weighted by molar-refractivity contribution is -0.286. The van der Waals surface area contributed by atoms with Crippen LogP contribution in [0, 0.1) is 0 Å². The van der Waals surface area contributed by atoms with Crippen molar-refractivity contribution in [1.29, 1.82) is 0 Å². The molecule has 1 aliphatic heterocycles. The zero-order valence-corrected chi connectivity index (χ0v) is 15.4. The standard InChI is InChI=1S/C16H11F2N3O3S.C2H6/c17-16(18)23-12-4-1-3-10(14(12)24-16)15(22)19-8-9-7-11(21-20-9)13-5-2-6-25-13;1-2/h1-7H,8H2,(H,19,22)(H,20,21);1-2H3. The minimum Gasteiger partial charge on any atom is -0.395 e. The van der Waals surface area contributed by atoms with Gasteiger partial charge in [0.1, 0.15) is 5.69 Å². The van der Waals surface area contributed by atoms with E-state index in [1.807, 2.05) is 37.4 Å². The molecule has 1 aliphatic rings. The van der Waals surface area contributed by atoms with Gasteiger partial charge in [0.05, 0.1) is 22.7 Å². The van der Waals surface area contributed by atoms with Gasteiger partial charge in [-0.2, -0.15) is 5.10 Å². The smallest absolute Gasteiger partial charge is 0.395 e. The molecule has 2 N–H and O–H groups in total. The Labute approximate surface area is 158 Å². The number of halogens is 2. The minimum atomic E-state index is -3.77. The molecular formula is C18H17F2N3O3S. The molecule has 0 spiro atoms. The molecule has 9 heteroatoms. The number of aromatic nitrogens is 2. The second kappa shape index (κ2) is 7.75. The van der Waals surface area contributed by atoms with Gasteiger partial charge in [0.25, 0.3) is 5.91 Å². The van der Waals surface area contributed by atoms with E-state index in [0.29, 0.717) is 5.69 Å². The van der Waals surface area contributed by atoms with Gasteiger partial charge in [-0.1, -0.05) is 26.0 Å². The number of carbonyl (C=O) groups is 1. The Morgan fingerprint density at radius 2 is 2.07 bits per heavy atom. The molecule has 0 atom stereocenters. The number of amides is 1. The number of rotatable bonds is 4. The maximum atomic E-state index is 13.2. The topological polar surface area (TPSA) is 76.2 Å². The molecule has 27 heavy (non-hydrogen) atoms.